The average molecular weight is 278 g/mol. The largest absolute Gasteiger partial charge is 0.494 e. The molecule has 1 aromatic carbocycles. The topological polar surface area (TPSA) is 64.8 Å². The molecule has 0 radical (unpaired) electrons. The Kier molecular flexibility index (Phi) is 5.38. The highest BCUT2D eigenvalue weighted by Crippen LogP contribution is 2.17. The van der Waals surface area contributed by atoms with Gasteiger partial charge >= 0.3 is 0 Å². The van der Waals surface area contributed by atoms with Crippen LogP contribution in [-0.2, 0) is 4.74 Å². The summed E-state index contributed by atoms with van der Waals surface area (Å²) >= 11 is 0. The molecule has 1 saturated heterocycles. The number of nitrogens with zero attached hydrogens (tertiary/aromatic N) is 1. The second-order valence-corrected chi connectivity index (χ2v) is 4.84. The molecule has 0 aliphatic carbocycles. The molecule has 0 aromatic heterocycles. The number of morpholine rings is 1. The van der Waals surface area contributed by atoms with Crippen molar-refractivity contribution in [3.8, 4) is 5.75 Å². The lowest BCUT2D eigenvalue weighted by atomic mass is 10.1. The lowest BCUT2D eigenvalue weighted by Crippen LogP contribution is -2.52. The molecule has 1 fully saturated rings. The van der Waals surface area contributed by atoms with Crippen LogP contribution >= 0.6 is 0 Å². The number of hydrogen-bond acceptors (Lipinski definition) is 4. The molecule has 20 heavy (non-hydrogen) atoms. The predicted octanol–water partition coefficient (Wildman–Crippen LogP) is 1.28. The zero-order chi connectivity index (χ0) is 14.4. The van der Waals surface area contributed by atoms with Crippen molar-refractivity contribution in [2.24, 2.45) is 5.73 Å². The van der Waals surface area contributed by atoms with Crippen LogP contribution < -0.4 is 10.5 Å². The Morgan fingerprint density at radius 3 is 3.15 bits per heavy atom. The zero-order valence-electron chi connectivity index (χ0n) is 11.9. The van der Waals surface area contributed by atoms with Crippen LogP contribution in [-0.4, -0.2) is 49.8 Å². The fourth-order valence-corrected chi connectivity index (χ4v) is 2.22. The predicted molar refractivity (Wildman–Crippen MR) is 76.9 cm³/mol. The second-order valence-electron chi connectivity index (χ2n) is 4.84. The first-order chi connectivity index (χ1) is 9.76. The van der Waals surface area contributed by atoms with Gasteiger partial charge in [-0.2, -0.15) is 0 Å². The van der Waals surface area contributed by atoms with E-state index in [9.17, 15) is 4.79 Å². The summed E-state index contributed by atoms with van der Waals surface area (Å²) in [5.41, 5.74) is 6.34. The minimum atomic E-state index is -0.0449. The molecule has 5 heteroatoms. The van der Waals surface area contributed by atoms with Gasteiger partial charge in [-0.3, -0.25) is 4.79 Å². The van der Waals surface area contributed by atoms with E-state index in [1.165, 1.54) is 0 Å². The fourth-order valence-electron chi connectivity index (χ4n) is 2.22. The third kappa shape index (κ3) is 3.49. The van der Waals surface area contributed by atoms with Crippen LogP contribution in [0.3, 0.4) is 0 Å². The molecule has 1 aliphatic rings. The van der Waals surface area contributed by atoms with E-state index in [1.807, 2.05) is 18.2 Å². The minimum Gasteiger partial charge on any atom is -0.494 e. The molecule has 2 N–H and O–H groups in total. The third-order valence-corrected chi connectivity index (χ3v) is 3.31. The number of nitrogens with two attached hydrogens (primary N) is 1. The maximum absolute atomic E-state index is 12.6. The Hall–Kier alpha value is -1.59. The van der Waals surface area contributed by atoms with Crippen molar-refractivity contribution in [3.05, 3.63) is 29.8 Å². The molecule has 110 valence electrons. The Balaban J connectivity index is 2.11. The summed E-state index contributed by atoms with van der Waals surface area (Å²) in [4.78, 5) is 14.3. The van der Waals surface area contributed by atoms with Crippen molar-refractivity contribution >= 4 is 5.91 Å². The second kappa shape index (κ2) is 7.26. The van der Waals surface area contributed by atoms with Gasteiger partial charge in [0.2, 0.25) is 0 Å². The van der Waals surface area contributed by atoms with Crippen LogP contribution in [0.2, 0.25) is 0 Å². The standard InChI is InChI=1S/C15H22N2O3/c1-2-7-20-14-5-3-4-12(9-14)15(18)17-6-8-19-11-13(17)10-16/h3-5,9,13H,2,6-8,10-11,16H2,1H3. The monoisotopic (exact) mass is 278 g/mol. The number of carbonyl (C=O) groups excluding carboxylic acids is 1. The highest BCUT2D eigenvalue weighted by Gasteiger charge is 2.27. The smallest absolute Gasteiger partial charge is 0.254 e. The first-order valence-electron chi connectivity index (χ1n) is 7.08. The summed E-state index contributed by atoms with van der Waals surface area (Å²) < 4.78 is 10.9. The van der Waals surface area contributed by atoms with Gasteiger partial charge in [0.1, 0.15) is 5.75 Å². The van der Waals surface area contributed by atoms with Gasteiger partial charge in [0, 0.05) is 18.7 Å². The molecule has 0 bridgehead atoms. The Morgan fingerprint density at radius 2 is 2.40 bits per heavy atom. The molecular formula is C15H22N2O3. The van der Waals surface area contributed by atoms with Gasteiger partial charge in [0.25, 0.3) is 5.91 Å². The van der Waals surface area contributed by atoms with Gasteiger partial charge in [-0.05, 0) is 24.6 Å². The van der Waals surface area contributed by atoms with Crippen molar-refractivity contribution in [1.29, 1.82) is 0 Å². The molecule has 1 atom stereocenters. The number of hydrogen-bond donors (Lipinski definition) is 1. The van der Waals surface area contributed by atoms with Gasteiger partial charge in [-0.25, -0.2) is 0 Å². The number of ether oxygens (including phenoxy) is 2. The van der Waals surface area contributed by atoms with Crippen molar-refractivity contribution in [1.82, 2.24) is 4.90 Å². The van der Waals surface area contributed by atoms with E-state index in [2.05, 4.69) is 6.92 Å². The van der Waals surface area contributed by atoms with Crippen LogP contribution in [0, 0.1) is 0 Å². The van der Waals surface area contributed by atoms with E-state index >= 15 is 0 Å². The van der Waals surface area contributed by atoms with E-state index in [-0.39, 0.29) is 11.9 Å². The highest BCUT2D eigenvalue weighted by atomic mass is 16.5. The van der Waals surface area contributed by atoms with Crippen LogP contribution in [0.1, 0.15) is 23.7 Å². The van der Waals surface area contributed by atoms with Gasteiger partial charge in [0.15, 0.2) is 0 Å². The summed E-state index contributed by atoms with van der Waals surface area (Å²) in [6.07, 6.45) is 0.941. The molecule has 2 rings (SSSR count). The van der Waals surface area contributed by atoms with E-state index in [1.54, 1.807) is 11.0 Å². The van der Waals surface area contributed by atoms with Gasteiger partial charge in [-0.15, -0.1) is 0 Å². The first-order valence-corrected chi connectivity index (χ1v) is 7.08. The van der Waals surface area contributed by atoms with E-state index in [4.69, 9.17) is 15.2 Å². The van der Waals surface area contributed by atoms with Crippen LogP contribution in [0.4, 0.5) is 0 Å². The fraction of sp³-hybridized carbons (Fsp3) is 0.533. The molecular weight excluding hydrogens is 256 g/mol. The molecule has 0 spiro atoms. The number of rotatable bonds is 5. The number of amides is 1. The molecule has 5 nitrogen and oxygen atoms in total. The lowest BCUT2D eigenvalue weighted by molar-refractivity contribution is 0.000823. The van der Waals surface area contributed by atoms with E-state index in [0.29, 0.717) is 38.5 Å². The maximum atomic E-state index is 12.6. The zero-order valence-corrected chi connectivity index (χ0v) is 11.9. The van der Waals surface area contributed by atoms with Gasteiger partial charge in [0.05, 0.1) is 25.9 Å². The molecule has 1 aliphatic heterocycles. The molecule has 1 heterocycles. The Labute approximate surface area is 119 Å². The Morgan fingerprint density at radius 1 is 1.55 bits per heavy atom. The normalized spacial score (nSPS) is 18.9. The van der Waals surface area contributed by atoms with Crippen molar-refractivity contribution in [2.75, 3.05) is 32.9 Å². The van der Waals surface area contributed by atoms with E-state index in [0.717, 1.165) is 12.2 Å². The SMILES string of the molecule is CCCOc1cccc(C(=O)N2CCOCC2CN)c1. The number of benzene rings is 1. The molecule has 1 aromatic rings. The van der Waals surface area contributed by atoms with Crippen LogP contribution in [0.5, 0.6) is 5.75 Å². The molecule has 1 amide bonds. The summed E-state index contributed by atoms with van der Waals surface area (Å²) in [6, 6.07) is 7.27. The van der Waals surface area contributed by atoms with Gasteiger partial charge < -0.3 is 20.1 Å². The minimum absolute atomic E-state index is 0.00861. The van der Waals surface area contributed by atoms with Crippen molar-refractivity contribution in [2.45, 2.75) is 19.4 Å². The summed E-state index contributed by atoms with van der Waals surface area (Å²) in [5.74, 6) is 0.723. The number of carbonyl (C=O) groups is 1. The van der Waals surface area contributed by atoms with Crippen LogP contribution in [0.15, 0.2) is 24.3 Å². The summed E-state index contributed by atoms with van der Waals surface area (Å²) in [5, 5.41) is 0. The Bertz CT molecular complexity index is 450. The molecule has 0 saturated carbocycles. The van der Waals surface area contributed by atoms with Gasteiger partial charge in [-0.1, -0.05) is 13.0 Å². The molecule has 1 unspecified atom stereocenters. The van der Waals surface area contributed by atoms with Crippen LogP contribution in [0.25, 0.3) is 0 Å². The third-order valence-electron chi connectivity index (χ3n) is 3.31. The van der Waals surface area contributed by atoms with E-state index < -0.39 is 0 Å². The lowest BCUT2D eigenvalue weighted by Gasteiger charge is -2.35. The summed E-state index contributed by atoms with van der Waals surface area (Å²) in [6.45, 7) is 4.77. The quantitative estimate of drug-likeness (QED) is 0.881. The highest BCUT2D eigenvalue weighted by molar-refractivity contribution is 5.94. The average Bonchev–Trinajstić information content (AvgIpc) is 2.52. The van der Waals surface area contributed by atoms with Crippen molar-refractivity contribution < 1.29 is 14.3 Å². The van der Waals surface area contributed by atoms with Crippen molar-refractivity contribution in [3.63, 3.8) is 0 Å². The first kappa shape index (κ1) is 14.8. The maximum Gasteiger partial charge on any atom is 0.254 e. The summed E-state index contributed by atoms with van der Waals surface area (Å²) in [7, 11) is 0.